The summed E-state index contributed by atoms with van der Waals surface area (Å²) >= 11 is 0. The summed E-state index contributed by atoms with van der Waals surface area (Å²) in [6, 6.07) is 43.9. The first kappa shape index (κ1) is 58.2. The lowest BCUT2D eigenvalue weighted by Crippen LogP contribution is -2.28. The lowest BCUT2D eigenvalue weighted by Gasteiger charge is -1.92. The number of para-hydroxylation sites is 6. The van der Waals surface area contributed by atoms with Gasteiger partial charge in [-0.15, -0.1) is 0 Å². The molecule has 0 radical (unpaired) electrons. The molecule has 0 unspecified atom stereocenters. The van der Waals surface area contributed by atoms with Crippen molar-refractivity contribution >= 4 is 83.8 Å². The molecule has 15 aromatic heterocycles. The number of benzene rings is 3. The SMILES string of the molecule is C.C.Cc1c2n(C)c3ccccc3[n+]2cn1C.Cc1c2n3ccccc3c[n+]2cn1C.Cc1cn2c3ccccc3n(C)c2n1.Cc1cn2cc3ccccn3c2n1.Cc1n2c3ccccc3n(C)c2c[n+]1C.Cc1n2cc3ccccn3c2c[n+]1C. The van der Waals surface area contributed by atoms with Gasteiger partial charge >= 0.3 is 0 Å². The van der Waals surface area contributed by atoms with E-state index in [9.17, 15) is 0 Å². The third-order valence-corrected chi connectivity index (χ3v) is 16.8. The van der Waals surface area contributed by atoms with Gasteiger partial charge in [-0.1, -0.05) is 69.5 Å². The van der Waals surface area contributed by atoms with Crippen LogP contribution in [0.3, 0.4) is 0 Å². The number of aryl methyl sites for hydroxylation is 13. The number of hydrogen-bond donors (Lipinski definition) is 0. The van der Waals surface area contributed by atoms with Crippen LogP contribution in [0.5, 0.6) is 0 Å². The molecule has 87 heavy (non-hydrogen) atoms. The van der Waals surface area contributed by atoms with E-state index >= 15 is 0 Å². The van der Waals surface area contributed by atoms with E-state index < -0.39 is 0 Å². The quantitative estimate of drug-likeness (QED) is 0.141. The number of rotatable bonds is 0. The molecular formula is C69H80N18+4. The molecule has 18 nitrogen and oxygen atoms in total. The van der Waals surface area contributed by atoms with Gasteiger partial charge in [0.15, 0.2) is 30.6 Å². The van der Waals surface area contributed by atoms with E-state index in [1.165, 1.54) is 95.3 Å². The Morgan fingerprint density at radius 1 is 0.391 bits per heavy atom. The molecular weight excluding hydrogens is 1080 g/mol. The highest BCUT2D eigenvalue weighted by atomic mass is 15.2. The Balaban J connectivity index is 0.000000108. The predicted octanol–water partition coefficient (Wildman–Crippen LogP) is 11.1. The van der Waals surface area contributed by atoms with Gasteiger partial charge < -0.3 is 9.13 Å². The largest absolute Gasteiger partial charge is 0.313 e. The lowest BCUT2D eigenvalue weighted by atomic mass is 10.3. The average molecular weight is 1160 g/mol. The Labute approximate surface area is 505 Å². The highest BCUT2D eigenvalue weighted by molar-refractivity contribution is 5.82. The third-order valence-electron chi connectivity index (χ3n) is 16.8. The Kier molecular flexibility index (Phi) is 15.2. The van der Waals surface area contributed by atoms with E-state index in [-0.39, 0.29) is 14.9 Å². The normalized spacial score (nSPS) is 11.3. The molecule has 0 aliphatic carbocycles. The van der Waals surface area contributed by atoms with Crippen LogP contribution in [0.25, 0.3) is 83.8 Å². The minimum Gasteiger partial charge on any atom is -0.313 e. The summed E-state index contributed by atoms with van der Waals surface area (Å²) in [6.07, 6.45) is 25.2. The first-order valence-corrected chi connectivity index (χ1v) is 28.5. The zero-order valence-corrected chi connectivity index (χ0v) is 50.6. The molecule has 0 atom stereocenters. The summed E-state index contributed by atoms with van der Waals surface area (Å²) in [5, 5.41) is 0. The van der Waals surface area contributed by atoms with Crippen LogP contribution in [-0.4, -0.2) is 63.6 Å². The topological polar surface area (TPSA) is 97.3 Å². The molecule has 0 N–H and O–H groups in total. The zero-order valence-electron chi connectivity index (χ0n) is 50.6. The van der Waals surface area contributed by atoms with Gasteiger partial charge in [0, 0.05) is 58.9 Å². The second-order valence-corrected chi connectivity index (χ2v) is 22.2. The van der Waals surface area contributed by atoms with Crippen molar-refractivity contribution in [3.05, 3.63) is 236 Å². The third kappa shape index (κ3) is 9.81. The van der Waals surface area contributed by atoms with Gasteiger partial charge in [-0.25, -0.2) is 27.9 Å². The summed E-state index contributed by atoms with van der Waals surface area (Å²) in [6.45, 7) is 12.6. The first-order chi connectivity index (χ1) is 41.1. The van der Waals surface area contributed by atoms with E-state index in [0.717, 1.165) is 22.9 Å². The maximum absolute atomic E-state index is 4.48. The van der Waals surface area contributed by atoms with Gasteiger partial charge in [-0.2, -0.15) is 13.2 Å². The fourth-order valence-corrected chi connectivity index (χ4v) is 12.0. The van der Waals surface area contributed by atoms with Crippen molar-refractivity contribution < 1.29 is 17.9 Å². The smallest absolute Gasteiger partial charge is 0.272 e. The van der Waals surface area contributed by atoms with E-state index in [1.807, 2.05) is 49.8 Å². The number of pyridine rings is 3. The van der Waals surface area contributed by atoms with Crippen molar-refractivity contribution in [1.82, 2.24) is 63.6 Å². The van der Waals surface area contributed by atoms with Gasteiger partial charge in [0.25, 0.3) is 28.6 Å². The maximum Gasteiger partial charge on any atom is 0.272 e. The molecule has 18 heteroatoms. The molecule has 0 aliphatic heterocycles. The predicted molar refractivity (Wildman–Crippen MR) is 349 cm³/mol. The molecule has 442 valence electrons. The molecule has 18 rings (SSSR count). The van der Waals surface area contributed by atoms with Gasteiger partial charge in [-0.05, 0) is 100 Å². The number of imidazole rings is 12. The minimum atomic E-state index is 0. The Hall–Kier alpha value is -10.6. The average Bonchev–Trinajstić information content (AvgIpc) is 2.56. The maximum atomic E-state index is 4.48. The van der Waals surface area contributed by atoms with Crippen LogP contribution in [0.15, 0.2) is 202 Å². The summed E-state index contributed by atoms with van der Waals surface area (Å²) < 4.78 is 34.7. The number of fused-ring (bicyclic) bond motifs is 18. The Morgan fingerprint density at radius 3 is 1.63 bits per heavy atom. The van der Waals surface area contributed by atoms with Crippen molar-refractivity contribution in [1.29, 1.82) is 0 Å². The molecule has 15 heterocycles. The monoisotopic (exact) mass is 1160 g/mol. The molecule has 0 amide bonds. The molecule has 0 saturated heterocycles. The molecule has 0 aliphatic rings. The van der Waals surface area contributed by atoms with Gasteiger partial charge in [-0.3, -0.25) is 31.3 Å². The van der Waals surface area contributed by atoms with Crippen molar-refractivity contribution in [2.45, 2.75) is 56.4 Å². The number of nitrogens with zero attached hydrogens (tertiary/aromatic N) is 18. The standard InChI is InChI=1S/2C12H14N3.2C11H12N3.C11H11N3.C10H9N3.2CH4/c1-9-12-14(3)10-6-4-5-7-11(10)15(12)8-13(9)2;1-9-13(2)8-12-14(3)10-6-4-5-7-11(10)15(9)12;1-9-11-13(8-12(9)2)7-10-5-3-4-6-14(10)11;1-9-12(2)8-11-13-6-4-3-5-10(13)7-14(9)11;1-8-7-14-10-6-4-3-5-9(10)13(2)11(14)12-8;1-8-6-12-7-9-4-2-3-5-13(9)10(12)11-8;;/h2*4-8H,1-3H3;2*3-8H,1-2H3;3-7H,1-2H3;2-7H,1H3;2*1H4/q4*+1;;;;. The van der Waals surface area contributed by atoms with Crippen LogP contribution in [0.2, 0.25) is 0 Å². The number of aromatic nitrogens is 18. The molecule has 0 bridgehead atoms. The van der Waals surface area contributed by atoms with Crippen molar-refractivity contribution in [2.75, 3.05) is 0 Å². The lowest BCUT2D eigenvalue weighted by molar-refractivity contribution is -0.676. The van der Waals surface area contributed by atoms with Crippen LogP contribution in [0.1, 0.15) is 49.3 Å². The van der Waals surface area contributed by atoms with E-state index in [2.05, 4.69) is 325 Å². The van der Waals surface area contributed by atoms with Crippen molar-refractivity contribution in [2.24, 2.45) is 49.3 Å². The van der Waals surface area contributed by atoms with E-state index in [0.29, 0.717) is 0 Å². The van der Waals surface area contributed by atoms with Crippen LogP contribution < -0.4 is 17.9 Å². The number of hydrogen-bond acceptors (Lipinski definition) is 2. The molecule has 0 fully saturated rings. The van der Waals surface area contributed by atoms with Crippen LogP contribution >= 0.6 is 0 Å². The van der Waals surface area contributed by atoms with E-state index in [4.69, 9.17) is 0 Å². The van der Waals surface area contributed by atoms with Gasteiger partial charge in [0.05, 0.1) is 80.4 Å². The summed E-state index contributed by atoms with van der Waals surface area (Å²) in [7, 11) is 14.6. The summed E-state index contributed by atoms with van der Waals surface area (Å²) in [5.41, 5.74) is 20.8. The fourth-order valence-electron chi connectivity index (χ4n) is 12.0. The van der Waals surface area contributed by atoms with Crippen molar-refractivity contribution in [3.63, 3.8) is 0 Å². The highest BCUT2D eigenvalue weighted by Crippen LogP contribution is 2.22. The summed E-state index contributed by atoms with van der Waals surface area (Å²) in [5.74, 6) is 4.47. The van der Waals surface area contributed by atoms with E-state index in [1.54, 1.807) is 0 Å². The second kappa shape index (κ2) is 22.8. The zero-order chi connectivity index (χ0) is 59.1. The van der Waals surface area contributed by atoms with Crippen molar-refractivity contribution in [3.8, 4) is 0 Å². The Bertz CT molecular complexity index is 5480. The minimum absolute atomic E-state index is 0. The van der Waals surface area contributed by atoms with Crippen LogP contribution in [0.4, 0.5) is 0 Å². The molecule has 3 aromatic carbocycles. The second-order valence-electron chi connectivity index (χ2n) is 22.2. The summed E-state index contributed by atoms with van der Waals surface area (Å²) in [4.78, 5) is 8.90. The Morgan fingerprint density at radius 2 is 0.920 bits per heavy atom. The molecule has 0 spiro atoms. The van der Waals surface area contributed by atoms with Crippen LogP contribution in [-0.2, 0) is 49.3 Å². The van der Waals surface area contributed by atoms with Crippen LogP contribution in [0, 0.1) is 41.5 Å². The molecule has 18 aromatic rings. The van der Waals surface area contributed by atoms with Gasteiger partial charge in [0.1, 0.15) is 40.3 Å². The molecule has 0 saturated carbocycles. The first-order valence-electron chi connectivity index (χ1n) is 28.5. The highest BCUT2D eigenvalue weighted by Gasteiger charge is 2.22. The fraction of sp³-hybridized carbons (Fsp3) is 0.217. The van der Waals surface area contributed by atoms with Gasteiger partial charge in [0.2, 0.25) is 17.2 Å².